The molecular weight excluding hydrogens is 277 g/mol. The SMILES string of the molecule is CCC(NC(=O)n1cc(F)c(=O)[nH]c1=O)C1CCCCC1. The molecule has 0 spiro atoms. The smallest absolute Gasteiger partial charge is 0.334 e. The molecule has 21 heavy (non-hydrogen) atoms. The van der Waals surface area contributed by atoms with Crippen molar-refractivity contribution < 1.29 is 9.18 Å². The third-order valence-electron chi connectivity index (χ3n) is 4.08. The highest BCUT2D eigenvalue weighted by Gasteiger charge is 2.24. The summed E-state index contributed by atoms with van der Waals surface area (Å²) in [5.41, 5.74) is -2.05. The first-order valence-corrected chi connectivity index (χ1v) is 7.35. The number of nitrogens with one attached hydrogen (secondary N) is 2. The van der Waals surface area contributed by atoms with Crippen molar-refractivity contribution in [3.8, 4) is 0 Å². The van der Waals surface area contributed by atoms with Gasteiger partial charge in [-0.1, -0.05) is 26.2 Å². The van der Waals surface area contributed by atoms with Gasteiger partial charge in [-0.2, -0.15) is 4.39 Å². The lowest BCUT2D eigenvalue weighted by Gasteiger charge is -2.30. The Bertz CT molecular complexity index is 617. The lowest BCUT2D eigenvalue weighted by atomic mass is 9.83. The first-order valence-electron chi connectivity index (χ1n) is 7.35. The fraction of sp³-hybridized carbons (Fsp3) is 0.643. The van der Waals surface area contributed by atoms with E-state index in [1.165, 1.54) is 6.42 Å². The minimum Gasteiger partial charge on any atom is -0.334 e. The highest BCUT2D eigenvalue weighted by molar-refractivity contribution is 5.76. The molecule has 1 fully saturated rings. The predicted molar refractivity (Wildman–Crippen MR) is 75.9 cm³/mol. The molecule has 0 saturated heterocycles. The highest BCUT2D eigenvalue weighted by Crippen LogP contribution is 2.27. The van der Waals surface area contributed by atoms with Gasteiger partial charge in [0.25, 0.3) is 5.56 Å². The maximum Gasteiger partial charge on any atom is 0.336 e. The largest absolute Gasteiger partial charge is 0.336 e. The van der Waals surface area contributed by atoms with E-state index < -0.39 is 23.1 Å². The molecule has 6 nitrogen and oxygen atoms in total. The van der Waals surface area contributed by atoms with Gasteiger partial charge in [0, 0.05) is 6.04 Å². The van der Waals surface area contributed by atoms with E-state index in [2.05, 4.69) is 5.32 Å². The summed E-state index contributed by atoms with van der Waals surface area (Å²) in [6.07, 6.45) is 6.97. The number of amides is 1. The molecule has 0 aliphatic heterocycles. The van der Waals surface area contributed by atoms with Gasteiger partial charge in [-0.25, -0.2) is 14.2 Å². The lowest BCUT2D eigenvalue weighted by molar-refractivity contribution is 0.219. The van der Waals surface area contributed by atoms with Gasteiger partial charge < -0.3 is 5.32 Å². The Morgan fingerprint density at radius 1 is 1.43 bits per heavy atom. The van der Waals surface area contributed by atoms with Gasteiger partial charge in [0.15, 0.2) is 0 Å². The van der Waals surface area contributed by atoms with E-state index in [1.54, 1.807) is 4.98 Å². The summed E-state index contributed by atoms with van der Waals surface area (Å²) in [5, 5.41) is 2.78. The quantitative estimate of drug-likeness (QED) is 0.888. The van der Waals surface area contributed by atoms with Crippen LogP contribution >= 0.6 is 0 Å². The molecule has 0 radical (unpaired) electrons. The number of aromatic amines is 1. The number of hydrogen-bond donors (Lipinski definition) is 2. The van der Waals surface area contributed by atoms with E-state index >= 15 is 0 Å². The van der Waals surface area contributed by atoms with Crippen LogP contribution in [0.4, 0.5) is 9.18 Å². The summed E-state index contributed by atoms with van der Waals surface area (Å²) >= 11 is 0. The zero-order valence-electron chi connectivity index (χ0n) is 12.0. The molecule has 1 aliphatic carbocycles. The van der Waals surface area contributed by atoms with Crippen molar-refractivity contribution in [2.45, 2.75) is 51.5 Å². The minimum atomic E-state index is -1.16. The fourth-order valence-corrected chi connectivity index (χ4v) is 2.92. The summed E-state index contributed by atoms with van der Waals surface area (Å²) in [5.74, 6) is -0.772. The lowest BCUT2D eigenvalue weighted by Crippen LogP contribution is -2.47. The molecule has 1 aromatic heterocycles. The van der Waals surface area contributed by atoms with Gasteiger partial charge in [-0.15, -0.1) is 0 Å². The van der Waals surface area contributed by atoms with Crippen LogP contribution in [0, 0.1) is 11.7 Å². The van der Waals surface area contributed by atoms with E-state index in [0.717, 1.165) is 32.1 Å². The Morgan fingerprint density at radius 3 is 2.71 bits per heavy atom. The van der Waals surface area contributed by atoms with E-state index in [-0.39, 0.29) is 6.04 Å². The van der Waals surface area contributed by atoms with Crippen molar-refractivity contribution in [3.63, 3.8) is 0 Å². The third-order valence-corrected chi connectivity index (χ3v) is 4.08. The molecule has 1 unspecified atom stereocenters. The molecule has 2 rings (SSSR count). The number of hydrogen-bond acceptors (Lipinski definition) is 3. The van der Waals surface area contributed by atoms with Gasteiger partial charge in [-0.05, 0) is 25.2 Å². The molecule has 1 amide bonds. The molecule has 116 valence electrons. The molecule has 1 aromatic rings. The first kappa shape index (κ1) is 15.5. The second-order valence-corrected chi connectivity index (χ2v) is 5.47. The highest BCUT2D eigenvalue weighted by atomic mass is 19.1. The molecule has 2 N–H and O–H groups in total. The average Bonchev–Trinajstić information content (AvgIpc) is 2.49. The fourth-order valence-electron chi connectivity index (χ4n) is 2.92. The summed E-state index contributed by atoms with van der Waals surface area (Å²) < 4.78 is 13.8. The zero-order chi connectivity index (χ0) is 15.4. The van der Waals surface area contributed by atoms with Crippen LogP contribution in [0.3, 0.4) is 0 Å². The van der Waals surface area contributed by atoms with Gasteiger partial charge in [0.2, 0.25) is 5.82 Å². The van der Waals surface area contributed by atoms with Crippen molar-refractivity contribution in [1.82, 2.24) is 14.9 Å². The minimum absolute atomic E-state index is 0.0420. The molecule has 7 heteroatoms. The third kappa shape index (κ3) is 3.59. The predicted octanol–water partition coefficient (Wildman–Crippen LogP) is 1.59. The Hall–Kier alpha value is -1.92. The molecule has 1 saturated carbocycles. The van der Waals surface area contributed by atoms with Crippen molar-refractivity contribution in [2.24, 2.45) is 5.92 Å². The van der Waals surface area contributed by atoms with Crippen LogP contribution < -0.4 is 16.6 Å². The van der Waals surface area contributed by atoms with Crippen LogP contribution in [0.25, 0.3) is 0 Å². The van der Waals surface area contributed by atoms with Crippen molar-refractivity contribution in [1.29, 1.82) is 0 Å². The number of nitrogens with zero attached hydrogens (tertiary/aromatic N) is 1. The van der Waals surface area contributed by atoms with Crippen molar-refractivity contribution in [2.75, 3.05) is 0 Å². The number of carbonyl (C=O) groups excluding carboxylic acids is 1. The van der Waals surface area contributed by atoms with Gasteiger partial charge in [0.1, 0.15) is 0 Å². The molecule has 1 atom stereocenters. The van der Waals surface area contributed by atoms with Crippen molar-refractivity contribution in [3.05, 3.63) is 32.9 Å². The number of carbonyl (C=O) groups is 1. The monoisotopic (exact) mass is 297 g/mol. The number of aromatic nitrogens is 2. The summed E-state index contributed by atoms with van der Waals surface area (Å²) in [6, 6.07) is -0.743. The van der Waals surface area contributed by atoms with E-state index in [4.69, 9.17) is 0 Å². The van der Waals surface area contributed by atoms with E-state index in [9.17, 15) is 18.8 Å². The van der Waals surface area contributed by atoms with Crippen molar-refractivity contribution >= 4 is 6.03 Å². The van der Waals surface area contributed by atoms with Crippen LogP contribution in [-0.4, -0.2) is 21.6 Å². The van der Waals surface area contributed by atoms with E-state index in [1.807, 2.05) is 6.92 Å². The number of rotatable bonds is 3. The summed E-state index contributed by atoms with van der Waals surface area (Å²) in [4.78, 5) is 36.4. The van der Waals surface area contributed by atoms with Gasteiger partial charge in [0.05, 0.1) is 6.20 Å². The maximum atomic E-state index is 13.2. The number of halogens is 1. The standard InChI is InChI=1S/C14H20FN3O3/c1-2-11(9-6-4-3-5-7-9)16-13(20)18-8-10(15)12(19)17-14(18)21/h8-9,11H,2-7H2,1H3,(H,16,20)(H,17,19,21). The second-order valence-electron chi connectivity index (χ2n) is 5.47. The second kappa shape index (κ2) is 6.69. The van der Waals surface area contributed by atoms with E-state index in [0.29, 0.717) is 16.7 Å². The maximum absolute atomic E-state index is 13.2. The Labute approximate surface area is 121 Å². The van der Waals surface area contributed by atoms with Crippen LogP contribution in [-0.2, 0) is 0 Å². The number of H-pyrrole nitrogens is 1. The van der Waals surface area contributed by atoms with Crippen LogP contribution in [0.2, 0.25) is 0 Å². The zero-order valence-corrected chi connectivity index (χ0v) is 12.0. The Kier molecular flexibility index (Phi) is 4.93. The first-order chi connectivity index (χ1) is 10.0. The topological polar surface area (TPSA) is 84.0 Å². The van der Waals surface area contributed by atoms with Gasteiger partial charge >= 0.3 is 11.7 Å². The van der Waals surface area contributed by atoms with Gasteiger partial charge in [-0.3, -0.25) is 9.78 Å². The average molecular weight is 297 g/mol. The Morgan fingerprint density at radius 2 is 2.10 bits per heavy atom. The van der Waals surface area contributed by atoms with Crippen LogP contribution in [0.15, 0.2) is 15.8 Å². The molecular formula is C14H20FN3O3. The molecule has 0 bridgehead atoms. The summed E-state index contributed by atoms with van der Waals surface area (Å²) in [6.45, 7) is 1.97. The normalized spacial score (nSPS) is 17.4. The molecule has 1 aliphatic rings. The van der Waals surface area contributed by atoms with Crippen LogP contribution in [0.1, 0.15) is 45.4 Å². The Balaban J connectivity index is 2.14. The molecule has 1 heterocycles. The van der Waals surface area contributed by atoms with Crippen LogP contribution in [0.5, 0.6) is 0 Å². The molecule has 0 aromatic carbocycles. The summed E-state index contributed by atoms with van der Waals surface area (Å²) in [7, 11) is 0.